The minimum atomic E-state index is -0.757. The van der Waals surface area contributed by atoms with Crippen molar-refractivity contribution in [2.75, 3.05) is 5.32 Å². The first-order valence-corrected chi connectivity index (χ1v) is 6.36. The number of nitrogens with one attached hydrogen (secondary N) is 1. The van der Waals surface area contributed by atoms with Gasteiger partial charge in [0.05, 0.1) is 16.3 Å². The van der Waals surface area contributed by atoms with Crippen molar-refractivity contribution >= 4 is 39.1 Å². The van der Waals surface area contributed by atoms with Gasteiger partial charge < -0.3 is 5.32 Å². The molecule has 19 heavy (non-hydrogen) atoms. The Labute approximate surface area is 121 Å². The van der Waals surface area contributed by atoms with Gasteiger partial charge in [-0.25, -0.2) is 8.78 Å². The highest BCUT2D eigenvalue weighted by atomic mass is 79.9. The molecule has 0 fully saturated rings. The van der Waals surface area contributed by atoms with Crippen molar-refractivity contribution in [1.82, 2.24) is 0 Å². The monoisotopic (exact) mass is 345 g/mol. The summed E-state index contributed by atoms with van der Waals surface area (Å²) >= 11 is 8.73. The lowest BCUT2D eigenvalue weighted by atomic mass is 10.2. The van der Waals surface area contributed by atoms with E-state index in [4.69, 9.17) is 11.6 Å². The molecule has 0 saturated heterocycles. The Balaban J connectivity index is 2.31. The smallest absolute Gasteiger partial charge is 0.258 e. The summed E-state index contributed by atoms with van der Waals surface area (Å²) in [5.74, 6) is -2.20. The van der Waals surface area contributed by atoms with E-state index in [1.807, 2.05) is 0 Å². The Bertz CT molecular complexity index is 649. The zero-order valence-corrected chi connectivity index (χ0v) is 11.7. The third kappa shape index (κ3) is 3.11. The maximum absolute atomic E-state index is 13.6. The molecule has 0 aliphatic rings. The Hall–Kier alpha value is -1.46. The highest BCUT2D eigenvalue weighted by Gasteiger charge is 2.15. The van der Waals surface area contributed by atoms with Crippen LogP contribution < -0.4 is 5.32 Å². The van der Waals surface area contributed by atoms with Gasteiger partial charge in [0.1, 0.15) is 5.82 Å². The maximum Gasteiger partial charge on any atom is 0.258 e. The molecule has 0 atom stereocenters. The molecule has 0 aromatic heterocycles. The van der Waals surface area contributed by atoms with Gasteiger partial charge in [-0.1, -0.05) is 33.6 Å². The van der Waals surface area contributed by atoms with Crippen LogP contribution in [0.15, 0.2) is 40.9 Å². The Morgan fingerprint density at radius 3 is 2.68 bits per heavy atom. The Morgan fingerprint density at radius 2 is 1.95 bits per heavy atom. The summed E-state index contributed by atoms with van der Waals surface area (Å²) in [6.45, 7) is 0. The zero-order valence-electron chi connectivity index (χ0n) is 9.38. The molecule has 0 aliphatic heterocycles. The van der Waals surface area contributed by atoms with Crippen LogP contribution in [0.5, 0.6) is 0 Å². The van der Waals surface area contributed by atoms with Gasteiger partial charge in [-0.05, 0) is 30.3 Å². The highest BCUT2D eigenvalue weighted by molar-refractivity contribution is 9.10. The van der Waals surface area contributed by atoms with Crippen LogP contribution in [0, 0.1) is 11.6 Å². The van der Waals surface area contributed by atoms with Crippen molar-refractivity contribution < 1.29 is 13.6 Å². The number of hydrogen-bond acceptors (Lipinski definition) is 1. The van der Waals surface area contributed by atoms with E-state index in [2.05, 4.69) is 21.2 Å². The molecule has 2 nitrogen and oxygen atoms in total. The molecule has 0 heterocycles. The second-order valence-electron chi connectivity index (χ2n) is 3.68. The second kappa shape index (κ2) is 5.67. The minimum Gasteiger partial charge on any atom is -0.319 e. The molecule has 6 heteroatoms. The van der Waals surface area contributed by atoms with Crippen LogP contribution in [0.2, 0.25) is 5.02 Å². The van der Waals surface area contributed by atoms with E-state index >= 15 is 0 Å². The summed E-state index contributed by atoms with van der Waals surface area (Å²) in [4.78, 5) is 11.9. The van der Waals surface area contributed by atoms with E-state index in [0.717, 1.165) is 6.07 Å². The van der Waals surface area contributed by atoms with Gasteiger partial charge in [0.15, 0.2) is 5.82 Å². The lowest BCUT2D eigenvalue weighted by Gasteiger charge is -2.08. The van der Waals surface area contributed by atoms with E-state index in [1.54, 1.807) is 0 Å². The fraction of sp³-hybridized carbons (Fsp3) is 0. The number of amides is 1. The third-order valence-electron chi connectivity index (χ3n) is 2.37. The zero-order chi connectivity index (χ0) is 14.0. The molecule has 2 rings (SSSR count). The van der Waals surface area contributed by atoms with Crippen LogP contribution >= 0.6 is 27.5 Å². The molecular formula is C13H7BrClF2NO. The van der Waals surface area contributed by atoms with Gasteiger partial charge in [-0.15, -0.1) is 0 Å². The average Bonchev–Trinajstić information content (AvgIpc) is 2.38. The SMILES string of the molecule is O=C(Nc1cccc(Cl)c1F)c1cc(Br)ccc1F. The lowest BCUT2D eigenvalue weighted by Crippen LogP contribution is -2.14. The van der Waals surface area contributed by atoms with Crippen LogP contribution in [0.4, 0.5) is 14.5 Å². The van der Waals surface area contributed by atoms with Crippen molar-refractivity contribution in [2.45, 2.75) is 0 Å². The van der Waals surface area contributed by atoms with E-state index in [1.165, 1.54) is 30.3 Å². The predicted octanol–water partition coefficient (Wildman–Crippen LogP) is 4.63. The molecule has 2 aromatic rings. The summed E-state index contributed by atoms with van der Waals surface area (Å²) < 4.78 is 27.7. The van der Waals surface area contributed by atoms with Crippen LogP contribution in [0.25, 0.3) is 0 Å². The number of carbonyl (C=O) groups excluding carboxylic acids is 1. The fourth-order valence-corrected chi connectivity index (χ4v) is 2.00. The Morgan fingerprint density at radius 1 is 1.21 bits per heavy atom. The van der Waals surface area contributed by atoms with Gasteiger partial charge in [-0.3, -0.25) is 4.79 Å². The number of halogens is 4. The minimum absolute atomic E-state index is 0.100. The molecule has 0 spiro atoms. The highest BCUT2D eigenvalue weighted by Crippen LogP contribution is 2.23. The van der Waals surface area contributed by atoms with Crippen molar-refractivity contribution in [3.8, 4) is 0 Å². The molecule has 0 aliphatic carbocycles. The number of carbonyl (C=O) groups is 1. The molecule has 2 aromatic carbocycles. The second-order valence-corrected chi connectivity index (χ2v) is 5.00. The molecule has 98 valence electrons. The van der Waals surface area contributed by atoms with E-state index in [0.29, 0.717) is 4.47 Å². The summed E-state index contributed by atoms with van der Waals surface area (Å²) in [6, 6.07) is 8.10. The molecule has 1 N–H and O–H groups in total. The summed E-state index contributed by atoms with van der Waals surface area (Å²) in [5.41, 5.74) is -0.286. The molecule has 0 radical (unpaired) electrons. The first-order valence-electron chi connectivity index (χ1n) is 5.19. The van der Waals surface area contributed by atoms with E-state index in [9.17, 15) is 13.6 Å². The van der Waals surface area contributed by atoms with Gasteiger partial charge in [-0.2, -0.15) is 0 Å². The van der Waals surface area contributed by atoms with Gasteiger partial charge >= 0.3 is 0 Å². The predicted molar refractivity (Wildman–Crippen MR) is 73.5 cm³/mol. The van der Waals surface area contributed by atoms with Crippen LogP contribution in [-0.2, 0) is 0 Å². The van der Waals surface area contributed by atoms with Crippen molar-refractivity contribution in [1.29, 1.82) is 0 Å². The van der Waals surface area contributed by atoms with Crippen molar-refractivity contribution in [2.24, 2.45) is 0 Å². The number of rotatable bonds is 2. The van der Waals surface area contributed by atoms with Gasteiger partial charge in [0, 0.05) is 4.47 Å². The summed E-state index contributed by atoms with van der Waals surface area (Å²) in [5, 5.41) is 2.16. The number of hydrogen-bond donors (Lipinski definition) is 1. The molecule has 1 amide bonds. The average molecular weight is 347 g/mol. The van der Waals surface area contributed by atoms with E-state index < -0.39 is 17.5 Å². The molecule has 0 saturated carbocycles. The number of benzene rings is 2. The third-order valence-corrected chi connectivity index (χ3v) is 3.16. The lowest BCUT2D eigenvalue weighted by molar-refractivity contribution is 0.102. The number of anilines is 1. The van der Waals surface area contributed by atoms with Gasteiger partial charge in [0.25, 0.3) is 5.91 Å². The largest absolute Gasteiger partial charge is 0.319 e. The Kier molecular flexibility index (Phi) is 4.17. The maximum atomic E-state index is 13.6. The van der Waals surface area contributed by atoms with Crippen molar-refractivity contribution in [3.63, 3.8) is 0 Å². The van der Waals surface area contributed by atoms with Crippen molar-refractivity contribution in [3.05, 3.63) is 63.1 Å². The molecular weight excluding hydrogens is 340 g/mol. The topological polar surface area (TPSA) is 29.1 Å². The van der Waals surface area contributed by atoms with Crippen LogP contribution in [-0.4, -0.2) is 5.91 Å². The van der Waals surface area contributed by atoms with Gasteiger partial charge in [0.2, 0.25) is 0 Å². The molecule has 0 bridgehead atoms. The standard InChI is InChI=1S/C13H7BrClF2NO/c14-7-4-5-10(16)8(6-7)13(19)18-11-3-1-2-9(15)12(11)17/h1-6H,(H,18,19). The first kappa shape index (κ1) is 14.0. The first-order chi connectivity index (χ1) is 8.99. The summed E-state index contributed by atoms with van der Waals surface area (Å²) in [6.07, 6.45) is 0. The normalized spacial score (nSPS) is 10.3. The van der Waals surface area contributed by atoms with E-state index in [-0.39, 0.29) is 16.3 Å². The summed E-state index contributed by atoms with van der Waals surface area (Å²) in [7, 11) is 0. The van der Waals surface area contributed by atoms with Crippen LogP contribution in [0.1, 0.15) is 10.4 Å². The van der Waals surface area contributed by atoms with Crippen LogP contribution in [0.3, 0.4) is 0 Å². The molecule has 0 unspecified atom stereocenters. The fourth-order valence-electron chi connectivity index (χ4n) is 1.46. The quantitative estimate of drug-likeness (QED) is 0.844.